The Balaban J connectivity index is 1.89. The zero-order chi connectivity index (χ0) is 19.6. The molecule has 3 rings (SSSR count). The summed E-state index contributed by atoms with van der Waals surface area (Å²) in [6.07, 6.45) is 0. The van der Waals surface area contributed by atoms with Gasteiger partial charge in [0.1, 0.15) is 5.58 Å². The Hall–Kier alpha value is -2.34. The van der Waals surface area contributed by atoms with Crippen molar-refractivity contribution in [2.75, 3.05) is 33.5 Å². The van der Waals surface area contributed by atoms with E-state index in [1.54, 1.807) is 6.07 Å². The third kappa shape index (κ3) is 4.50. The van der Waals surface area contributed by atoms with E-state index in [9.17, 15) is 4.79 Å². The molecule has 1 aromatic heterocycles. The van der Waals surface area contributed by atoms with Gasteiger partial charge >= 0.3 is 0 Å². The second-order valence-electron chi connectivity index (χ2n) is 7.14. The van der Waals surface area contributed by atoms with Crippen LogP contribution in [0.3, 0.4) is 0 Å². The number of carbonyl (C=O) groups excluding carboxylic acids is 1. The number of hydrogen-bond donors (Lipinski definition) is 1. The van der Waals surface area contributed by atoms with Crippen molar-refractivity contribution in [1.29, 1.82) is 0 Å². The average Bonchev–Trinajstić information content (AvgIpc) is 2.95. The van der Waals surface area contributed by atoms with E-state index in [0.717, 1.165) is 23.1 Å². The van der Waals surface area contributed by atoms with Gasteiger partial charge < -0.3 is 19.5 Å². The minimum Gasteiger partial charge on any atom is -0.451 e. The van der Waals surface area contributed by atoms with Gasteiger partial charge in [-0.05, 0) is 52.0 Å². The Morgan fingerprint density at radius 2 is 1.74 bits per heavy atom. The van der Waals surface area contributed by atoms with Crippen LogP contribution in [0.15, 0.2) is 46.9 Å². The maximum absolute atomic E-state index is 12.9. The SMILES string of the molecule is CN(C)Cc1ccc(NC(=O)c2oc3ccccc3c2CN(C)C)cc1Cl. The molecule has 2 aromatic carbocycles. The normalized spacial score (nSPS) is 11.5. The zero-order valence-electron chi connectivity index (χ0n) is 16.0. The highest BCUT2D eigenvalue weighted by Crippen LogP contribution is 2.28. The zero-order valence-corrected chi connectivity index (χ0v) is 16.8. The quantitative estimate of drug-likeness (QED) is 0.680. The molecular formula is C21H24ClN3O2. The molecule has 0 radical (unpaired) electrons. The maximum Gasteiger partial charge on any atom is 0.291 e. The molecule has 0 aliphatic rings. The largest absolute Gasteiger partial charge is 0.451 e. The van der Waals surface area contributed by atoms with E-state index < -0.39 is 0 Å². The Morgan fingerprint density at radius 1 is 1.04 bits per heavy atom. The summed E-state index contributed by atoms with van der Waals surface area (Å²) in [5.74, 6) is 0.0536. The van der Waals surface area contributed by atoms with Crippen LogP contribution in [0.5, 0.6) is 0 Å². The van der Waals surface area contributed by atoms with E-state index in [2.05, 4.69) is 5.32 Å². The first kappa shape index (κ1) is 19.4. The molecule has 0 saturated carbocycles. The molecule has 0 fully saturated rings. The summed E-state index contributed by atoms with van der Waals surface area (Å²) in [4.78, 5) is 16.9. The van der Waals surface area contributed by atoms with E-state index in [4.69, 9.17) is 16.0 Å². The van der Waals surface area contributed by atoms with Gasteiger partial charge in [0.15, 0.2) is 5.76 Å². The molecule has 0 unspecified atom stereocenters. The predicted molar refractivity (Wildman–Crippen MR) is 110 cm³/mol. The lowest BCUT2D eigenvalue weighted by atomic mass is 10.1. The number of amides is 1. The first-order valence-electron chi connectivity index (χ1n) is 8.75. The first-order chi connectivity index (χ1) is 12.8. The number of halogens is 1. The molecule has 5 nitrogen and oxygen atoms in total. The average molecular weight is 386 g/mol. The molecule has 0 atom stereocenters. The van der Waals surface area contributed by atoms with Crippen LogP contribution in [0, 0.1) is 0 Å². The molecule has 3 aromatic rings. The summed E-state index contributed by atoms with van der Waals surface area (Å²) in [5.41, 5.74) is 3.24. The number of carbonyl (C=O) groups is 1. The van der Waals surface area contributed by atoms with Crippen molar-refractivity contribution in [3.8, 4) is 0 Å². The van der Waals surface area contributed by atoms with Crippen molar-refractivity contribution in [3.05, 3.63) is 64.4 Å². The second kappa shape index (κ2) is 8.13. The fraction of sp³-hybridized carbons (Fsp3) is 0.286. The molecule has 6 heteroatoms. The van der Waals surface area contributed by atoms with Crippen LogP contribution in [0.25, 0.3) is 11.0 Å². The van der Waals surface area contributed by atoms with Gasteiger partial charge in [0.05, 0.1) is 0 Å². The van der Waals surface area contributed by atoms with Crippen molar-refractivity contribution in [2.24, 2.45) is 0 Å². The van der Waals surface area contributed by atoms with E-state index in [0.29, 0.717) is 28.6 Å². The number of anilines is 1. The van der Waals surface area contributed by atoms with Gasteiger partial charge in [-0.15, -0.1) is 0 Å². The summed E-state index contributed by atoms with van der Waals surface area (Å²) in [6, 6.07) is 13.2. The van der Waals surface area contributed by atoms with Gasteiger partial charge in [-0.2, -0.15) is 0 Å². The van der Waals surface area contributed by atoms with Crippen LogP contribution >= 0.6 is 11.6 Å². The van der Waals surface area contributed by atoms with Crippen LogP contribution in [0.1, 0.15) is 21.7 Å². The van der Waals surface area contributed by atoms with Crippen molar-refractivity contribution >= 4 is 34.2 Å². The highest BCUT2D eigenvalue weighted by Gasteiger charge is 2.21. The summed E-state index contributed by atoms with van der Waals surface area (Å²) in [5, 5.41) is 4.48. The van der Waals surface area contributed by atoms with E-state index in [-0.39, 0.29) is 5.91 Å². The Bertz CT molecular complexity index is 963. The molecule has 0 aliphatic carbocycles. The summed E-state index contributed by atoms with van der Waals surface area (Å²) < 4.78 is 5.86. The summed E-state index contributed by atoms with van der Waals surface area (Å²) >= 11 is 6.36. The van der Waals surface area contributed by atoms with Crippen molar-refractivity contribution < 1.29 is 9.21 Å². The number of benzene rings is 2. The number of nitrogens with one attached hydrogen (secondary N) is 1. The minimum absolute atomic E-state index is 0.278. The van der Waals surface area contributed by atoms with E-state index >= 15 is 0 Å². The van der Waals surface area contributed by atoms with Crippen LogP contribution in [0.4, 0.5) is 5.69 Å². The highest BCUT2D eigenvalue weighted by molar-refractivity contribution is 6.31. The van der Waals surface area contributed by atoms with Gasteiger partial charge in [-0.3, -0.25) is 4.79 Å². The lowest BCUT2D eigenvalue weighted by Crippen LogP contribution is -2.17. The third-order valence-corrected chi connectivity index (χ3v) is 4.53. The number of fused-ring (bicyclic) bond motifs is 1. The topological polar surface area (TPSA) is 48.7 Å². The molecule has 0 bridgehead atoms. The van der Waals surface area contributed by atoms with Crippen molar-refractivity contribution in [1.82, 2.24) is 9.80 Å². The van der Waals surface area contributed by atoms with Crippen LogP contribution in [0.2, 0.25) is 5.02 Å². The number of rotatable bonds is 6. The second-order valence-corrected chi connectivity index (χ2v) is 7.55. The summed E-state index contributed by atoms with van der Waals surface area (Å²) in [6.45, 7) is 1.35. The lowest BCUT2D eigenvalue weighted by Gasteiger charge is -2.13. The molecule has 27 heavy (non-hydrogen) atoms. The van der Waals surface area contributed by atoms with E-state index in [1.165, 1.54) is 0 Å². The highest BCUT2D eigenvalue weighted by atomic mass is 35.5. The molecule has 0 aliphatic heterocycles. The third-order valence-electron chi connectivity index (χ3n) is 4.18. The number of furan rings is 1. The molecule has 0 saturated heterocycles. The monoisotopic (exact) mass is 385 g/mol. The Kier molecular flexibility index (Phi) is 5.85. The molecule has 0 spiro atoms. The van der Waals surface area contributed by atoms with Gasteiger partial charge in [-0.1, -0.05) is 35.9 Å². The molecule has 142 valence electrons. The van der Waals surface area contributed by atoms with Gasteiger partial charge in [-0.25, -0.2) is 0 Å². The fourth-order valence-corrected chi connectivity index (χ4v) is 3.28. The number of nitrogens with zero attached hydrogens (tertiary/aromatic N) is 2. The van der Waals surface area contributed by atoms with Gasteiger partial charge in [0.25, 0.3) is 5.91 Å². The standard InChI is InChI=1S/C21H24ClN3O2/c1-24(2)12-14-9-10-15(11-18(14)22)23-21(26)20-17(13-25(3)4)16-7-5-6-8-19(16)27-20/h5-11H,12-13H2,1-4H3,(H,23,26). The van der Waals surface area contributed by atoms with Crippen molar-refractivity contribution in [3.63, 3.8) is 0 Å². The fourth-order valence-electron chi connectivity index (χ4n) is 3.04. The van der Waals surface area contributed by atoms with Gasteiger partial charge in [0.2, 0.25) is 0 Å². The smallest absolute Gasteiger partial charge is 0.291 e. The van der Waals surface area contributed by atoms with Crippen molar-refractivity contribution in [2.45, 2.75) is 13.1 Å². The maximum atomic E-state index is 12.9. The number of para-hydroxylation sites is 1. The lowest BCUT2D eigenvalue weighted by molar-refractivity contribution is 0.0996. The van der Waals surface area contributed by atoms with Crippen LogP contribution < -0.4 is 5.32 Å². The van der Waals surface area contributed by atoms with Gasteiger partial charge in [0, 0.05) is 34.7 Å². The Morgan fingerprint density at radius 3 is 2.41 bits per heavy atom. The molecule has 1 heterocycles. The minimum atomic E-state index is -0.278. The number of hydrogen-bond acceptors (Lipinski definition) is 4. The summed E-state index contributed by atoms with van der Waals surface area (Å²) in [7, 11) is 7.90. The molecule has 1 N–H and O–H groups in total. The van der Waals surface area contributed by atoms with Crippen LogP contribution in [-0.2, 0) is 13.1 Å². The van der Waals surface area contributed by atoms with E-state index in [1.807, 2.05) is 74.4 Å². The first-order valence-corrected chi connectivity index (χ1v) is 9.12. The molecular weight excluding hydrogens is 362 g/mol. The van der Waals surface area contributed by atoms with Crippen LogP contribution in [-0.4, -0.2) is 43.9 Å². The predicted octanol–water partition coefficient (Wildman–Crippen LogP) is 4.46. The Labute approximate surface area is 164 Å². The molecule has 1 amide bonds.